The fourth-order valence-corrected chi connectivity index (χ4v) is 0.840. The van der Waals surface area contributed by atoms with E-state index in [4.69, 9.17) is 4.52 Å². The van der Waals surface area contributed by atoms with E-state index < -0.39 is 0 Å². The molecule has 0 unspecified atom stereocenters. The maximum atomic E-state index is 5.03. The Morgan fingerprint density at radius 1 is 1.50 bits per heavy atom. The van der Waals surface area contributed by atoms with E-state index in [1.54, 1.807) is 0 Å². The van der Waals surface area contributed by atoms with Gasteiger partial charge in [-0.1, -0.05) is 19.0 Å². The molecule has 0 saturated heterocycles. The van der Waals surface area contributed by atoms with Crippen LogP contribution < -0.4 is 5.32 Å². The predicted molar refractivity (Wildman–Crippen MR) is 46.0 cm³/mol. The first-order valence-electron chi connectivity index (χ1n) is 4.21. The first-order valence-corrected chi connectivity index (χ1v) is 4.21. The van der Waals surface area contributed by atoms with Crippen molar-refractivity contribution >= 4 is 0 Å². The lowest BCUT2D eigenvalue weighted by molar-refractivity contribution is 0.360. The van der Waals surface area contributed by atoms with Gasteiger partial charge in [-0.25, -0.2) is 0 Å². The Bertz CT molecular complexity index is 232. The van der Waals surface area contributed by atoms with Crippen LogP contribution in [-0.4, -0.2) is 23.7 Å². The molecule has 0 fully saturated rings. The Hall–Kier alpha value is -0.900. The zero-order valence-corrected chi connectivity index (χ0v) is 7.79. The Kier molecular flexibility index (Phi) is 3.22. The molecule has 0 amide bonds. The Morgan fingerprint density at radius 3 is 2.75 bits per heavy atom. The molecule has 1 N–H and O–H groups in total. The molecule has 1 heterocycles. The largest absolute Gasteiger partial charge is 0.339 e. The number of nitrogens with zero attached hydrogens (tertiary/aromatic N) is 2. The lowest BCUT2D eigenvalue weighted by Crippen LogP contribution is -2.11. The summed E-state index contributed by atoms with van der Waals surface area (Å²) >= 11 is 0. The maximum Gasteiger partial charge on any atom is 0.229 e. The van der Waals surface area contributed by atoms with Gasteiger partial charge in [0.15, 0.2) is 5.82 Å². The zero-order valence-electron chi connectivity index (χ0n) is 7.79. The van der Waals surface area contributed by atoms with Crippen molar-refractivity contribution in [2.45, 2.75) is 26.2 Å². The summed E-state index contributed by atoms with van der Waals surface area (Å²) in [5.41, 5.74) is 0. The van der Waals surface area contributed by atoms with Crippen LogP contribution in [0, 0.1) is 0 Å². The van der Waals surface area contributed by atoms with Crippen LogP contribution in [0.1, 0.15) is 31.5 Å². The van der Waals surface area contributed by atoms with Crippen molar-refractivity contribution in [3.05, 3.63) is 11.7 Å². The standard InChI is InChI=1S/C8H15N3O/c1-6(2)8-10-7(11-12-8)4-5-9-3/h6,9H,4-5H2,1-3H3. The van der Waals surface area contributed by atoms with Crippen molar-refractivity contribution < 1.29 is 4.52 Å². The second-order valence-corrected chi connectivity index (χ2v) is 3.06. The third-order valence-corrected chi connectivity index (χ3v) is 1.58. The number of aromatic nitrogens is 2. The van der Waals surface area contributed by atoms with Gasteiger partial charge in [0.25, 0.3) is 0 Å². The Morgan fingerprint density at radius 2 is 2.25 bits per heavy atom. The first-order chi connectivity index (χ1) is 5.74. The number of hydrogen-bond donors (Lipinski definition) is 1. The predicted octanol–water partition coefficient (Wildman–Crippen LogP) is 0.955. The average Bonchev–Trinajstić information content (AvgIpc) is 2.48. The summed E-state index contributed by atoms with van der Waals surface area (Å²) in [5.74, 6) is 1.83. The summed E-state index contributed by atoms with van der Waals surface area (Å²) in [4.78, 5) is 4.23. The van der Waals surface area contributed by atoms with Crippen LogP contribution in [0.2, 0.25) is 0 Å². The summed E-state index contributed by atoms with van der Waals surface area (Å²) in [6.45, 7) is 4.96. The van der Waals surface area contributed by atoms with Crippen LogP contribution in [0.25, 0.3) is 0 Å². The molecule has 0 aliphatic rings. The van der Waals surface area contributed by atoms with Crippen LogP contribution in [0.15, 0.2) is 4.52 Å². The fourth-order valence-electron chi connectivity index (χ4n) is 0.840. The molecular weight excluding hydrogens is 154 g/mol. The molecule has 4 nitrogen and oxygen atoms in total. The third-order valence-electron chi connectivity index (χ3n) is 1.58. The highest BCUT2D eigenvalue weighted by atomic mass is 16.5. The van der Waals surface area contributed by atoms with Crippen molar-refractivity contribution in [3.63, 3.8) is 0 Å². The minimum Gasteiger partial charge on any atom is -0.339 e. The van der Waals surface area contributed by atoms with Crippen molar-refractivity contribution in [2.75, 3.05) is 13.6 Å². The normalized spacial score (nSPS) is 11.0. The summed E-state index contributed by atoms with van der Waals surface area (Å²) in [5, 5.41) is 6.88. The zero-order chi connectivity index (χ0) is 8.97. The maximum absolute atomic E-state index is 5.03. The summed E-state index contributed by atoms with van der Waals surface area (Å²) in [6, 6.07) is 0. The fraction of sp³-hybridized carbons (Fsp3) is 0.750. The smallest absolute Gasteiger partial charge is 0.229 e. The average molecular weight is 169 g/mol. The third kappa shape index (κ3) is 2.30. The van der Waals surface area contributed by atoms with Crippen molar-refractivity contribution in [2.24, 2.45) is 0 Å². The molecule has 0 aromatic carbocycles. The van der Waals surface area contributed by atoms with Crippen molar-refractivity contribution in [1.29, 1.82) is 0 Å². The van der Waals surface area contributed by atoms with Gasteiger partial charge in [0.2, 0.25) is 5.89 Å². The molecule has 0 bridgehead atoms. The minimum atomic E-state index is 0.320. The molecule has 0 radical (unpaired) electrons. The van der Waals surface area contributed by atoms with E-state index in [-0.39, 0.29) is 0 Å². The summed E-state index contributed by atoms with van der Waals surface area (Å²) in [6.07, 6.45) is 0.826. The van der Waals surface area contributed by atoms with Crippen LogP contribution in [0.4, 0.5) is 0 Å². The highest BCUT2D eigenvalue weighted by Gasteiger charge is 2.08. The van der Waals surface area contributed by atoms with Crippen LogP contribution in [-0.2, 0) is 6.42 Å². The minimum absolute atomic E-state index is 0.320. The summed E-state index contributed by atoms with van der Waals surface area (Å²) in [7, 11) is 1.91. The second kappa shape index (κ2) is 4.21. The molecule has 1 rings (SSSR count). The number of hydrogen-bond acceptors (Lipinski definition) is 4. The van der Waals surface area contributed by atoms with Gasteiger partial charge in [-0.2, -0.15) is 4.98 Å². The highest BCUT2D eigenvalue weighted by molar-refractivity contribution is 4.90. The molecule has 0 atom stereocenters. The van der Waals surface area contributed by atoms with Crippen LogP contribution in [0.3, 0.4) is 0 Å². The van der Waals surface area contributed by atoms with E-state index in [2.05, 4.69) is 15.5 Å². The topological polar surface area (TPSA) is 51.0 Å². The number of rotatable bonds is 4. The van der Waals surface area contributed by atoms with Gasteiger partial charge >= 0.3 is 0 Å². The highest BCUT2D eigenvalue weighted by Crippen LogP contribution is 2.10. The van der Waals surface area contributed by atoms with E-state index in [0.717, 1.165) is 24.7 Å². The molecular formula is C8H15N3O. The van der Waals surface area contributed by atoms with Gasteiger partial charge in [-0.3, -0.25) is 0 Å². The SMILES string of the molecule is CNCCc1noc(C(C)C)n1. The molecule has 68 valence electrons. The molecule has 1 aromatic rings. The monoisotopic (exact) mass is 169 g/mol. The van der Waals surface area contributed by atoms with Gasteiger partial charge in [0.05, 0.1) is 0 Å². The van der Waals surface area contributed by atoms with E-state index >= 15 is 0 Å². The Labute approximate surface area is 72.4 Å². The van der Waals surface area contributed by atoms with E-state index in [0.29, 0.717) is 5.92 Å². The van der Waals surface area contributed by atoms with Gasteiger partial charge in [-0.15, -0.1) is 0 Å². The molecule has 4 heteroatoms. The molecule has 0 aliphatic heterocycles. The molecule has 1 aromatic heterocycles. The quantitative estimate of drug-likeness (QED) is 0.729. The van der Waals surface area contributed by atoms with E-state index in [9.17, 15) is 0 Å². The van der Waals surface area contributed by atoms with Gasteiger partial charge < -0.3 is 9.84 Å². The van der Waals surface area contributed by atoms with Crippen molar-refractivity contribution in [3.8, 4) is 0 Å². The Balaban J connectivity index is 2.52. The van der Waals surface area contributed by atoms with E-state index in [1.165, 1.54) is 0 Å². The van der Waals surface area contributed by atoms with Crippen LogP contribution in [0.5, 0.6) is 0 Å². The van der Waals surface area contributed by atoms with Crippen molar-refractivity contribution in [1.82, 2.24) is 15.5 Å². The second-order valence-electron chi connectivity index (χ2n) is 3.06. The number of likely N-dealkylation sites (N-methyl/N-ethyl adjacent to an activating group) is 1. The molecule has 0 saturated carbocycles. The van der Waals surface area contributed by atoms with Crippen LogP contribution >= 0.6 is 0 Å². The summed E-state index contributed by atoms with van der Waals surface area (Å²) < 4.78 is 5.03. The number of nitrogens with one attached hydrogen (secondary N) is 1. The van der Waals surface area contributed by atoms with Gasteiger partial charge in [0, 0.05) is 18.9 Å². The lowest BCUT2D eigenvalue weighted by atomic mass is 10.2. The molecule has 12 heavy (non-hydrogen) atoms. The molecule has 0 spiro atoms. The van der Waals surface area contributed by atoms with Gasteiger partial charge in [0.1, 0.15) is 0 Å². The van der Waals surface area contributed by atoms with E-state index in [1.807, 2.05) is 20.9 Å². The lowest BCUT2D eigenvalue weighted by Gasteiger charge is -1.93. The molecule has 0 aliphatic carbocycles. The first kappa shape index (κ1) is 9.19. The van der Waals surface area contributed by atoms with Gasteiger partial charge in [-0.05, 0) is 7.05 Å².